The lowest BCUT2D eigenvalue weighted by Gasteiger charge is -2.12. The summed E-state index contributed by atoms with van der Waals surface area (Å²) in [5, 5.41) is 4.74. The Bertz CT molecular complexity index is 687. The fourth-order valence-corrected chi connectivity index (χ4v) is 3.58. The molecule has 0 unspecified atom stereocenters. The van der Waals surface area contributed by atoms with E-state index in [1.807, 2.05) is 25.1 Å². The SMILES string of the molecule is Cc1cc(NCC2C(C)(C)C2(C)C)c2cc(N)ccc2n1. The fraction of sp³-hybridized carbons (Fsp3) is 0.500. The molecule has 3 rings (SSSR count). The first-order valence-corrected chi connectivity index (χ1v) is 7.64. The van der Waals surface area contributed by atoms with Crippen LogP contribution in [-0.2, 0) is 0 Å². The summed E-state index contributed by atoms with van der Waals surface area (Å²) in [7, 11) is 0. The number of nitrogens with two attached hydrogens (primary N) is 1. The largest absolute Gasteiger partial charge is 0.399 e. The average molecular weight is 283 g/mol. The van der Waals surface area contributed by atoms with Crippen molar-refractivity contribution in [2.24, 2.45) is 16.7 Å². The van der Waals surface area contributed by atoms with Crippen LogP contribution in [0.1, 0.15) is 33.4 Å². The number of anilines is 2. The van der Waals surface area contributed by atoms with E-state index in [-0.39, 0.29) is 0 Å². The minimum atomic E-state index is 0.400. The van der Waals surface area contributed by atoms with Crippen molar-refractivity contribution in [1.29, 1.82) is 0 Å². The Labute approximate surface area is 127 Å². The van der Waals surface area contributed by atoms with Crippen molar-refractivity contribution in [3.8, 4) is 0 Å². The number of hydrogen-bond acceptors (Lipinski definition) is 3. The number of fused-ring (bicyclic) bond motifs is 1. The van der Waals surface area contributed by atoms with Gasteiger partial charge in [0.25, 0.3) is 0 Å². The van der Waals surface area contributed by atoms with E-state index in [1.165, 1.54) is 0 Å². The van der Waals surface area contributed by atoms with Gasteiger partial charge in [-0.25, -0.2) is 0 Å². The van der Waals surface area contributed by atoms with Crippen molar-refractivity contribution < 1.29 is 0 Å². The molecule has 0 radical (unpaired) electrons. The van der Waals surface area contributed by atoms with Gasteiger partial charge in [0.1, 0.15) is 0 Å². The summed E-state index contributed by atoms with van der Waals surface area (Å²) in [6, 6.07) is 8.02. The standard InChI is InChI=1S/C18H25N3/c1-11-8-15(13-9-12(19)6-7-14(13)21-11)20-10-16-17(2,3)18(16,4)5/h6-9,16H,10,19H2,1-5H3,(H,20,21). The molecule has 1 heterocycles. The highest BCUT2D eigenvalue weighted by molar-refractivity contribution is 5.93. The summed E-state index contributed by atoms with van der Waals surface area (Å²) in [5.74, 6) is 0.689. The molecule has 112 valence electrons. The molecule has 0 atom stereocenters. The van der Waals surface area contributed by atoms with E-state index in [4.69, 9.17) is 5.73 Å². The first-order valence-electron chi connectivity index (χ1n) is 7.64. The Kier molecular flexibility index (Phi) is 2.94. The Hall–Kier alpha value is -1.77. The Balaban J connectivity index is 1.89. The van der Waals surface area contributed by atoms with E-state index in [0.29, 0.717) is 16.7 Å². The van der Waals surface area contributed by atoms with E-state index in [0.717, 1.165) is 34.5 Å². The second-order valence-corrected chi connectivity index (χ2v) is 7.46. The van der Waals surface area contributed by atoms with Gasteiger partial charge in [-0.15, -0.1) is 0 Å². The highest BCUT2D eigenvalue weighted by Crippen LogP contribution is 2.68. The minimum Gasteiger partial charge on any atom is -0.399 e. The monoisotopic (exact) mass is 283 g/mol. The first-order chi connectivity index (χ1) is 9.73. The molecule has 0 bridgehead atoms. The number of hydrogen-bond donors (Lipinski definition) is 2. The van der Waals surface area contributed by atoms with Crippen molar-refractivity contribution in [2.45, 2.75) is 34.6 Å². The molecule has 21 heavy (non-hydrogen) atoms. The summed E-state index contributed by atoms with van der Waals surface area (Å²) in [6.45, 7) is 12.4. The third-order valence-corrected chi connectivity index (χ3v) is 5.78. The molecule has 1 aromatic carbocycles. The van der Waals surface area contributed by atoms with Crippen LogP contribution >= 0.6 is 0 Å². The molecular formula is C18H25N3. The van der Waals surface area contributed by atoms with E-state index in [1.54, 1.807) is 0 Å². The molecule has 0 spiro atoms. The van der Waals surface area contributed by atoms with Crippen molar-refractivity contribution >= 4 is 22.3 Å². The number of nitrogens with zero attached hydrogens (tertiary/aromatic N) is 1. The maximum Gasteiger partial charge on any atom is 0.0727 e. The van der Waals surface area contributed by atoms with Crippen LogP contribution in [0.5, 0.6) is 0 Å². The van der Waals surface area contributed by atoms with Gasteiger partial charge in [0.05, 0.1) is 5.52 Å². The molecule has 1 saturated carbocycles. The lowest BCUT2D eigenvalue weighted by Crippen LogP contribution is -2.09. The normalized spacial score (nSPS) is 19.7. The zero-order valence-electron chi connectivity index (χ0n) is 13.6. The van der Waals surface area contributed by atoms with Crippen molar-refractivity contribution in [1.82, 2.24) is 4.98 Å². The van der Waals surface area contributed by atoms with Gasteiger partial charge in [-0.05, 0) is 47.9 Å². The van der Waals surface area contributed by atoms with E-state index in [2.05, 4.69) is 44.1 Å². The van der Waals surface area contributed by atoms with Crippen molar-refractivity contribution in [3.63, 3.8) is 0 Å². The van der Waals surface area contributed by atoms with Crippen LogP contribution in [0.25, 0.3) is 10.9 Å². The summed E-state index contributed by atoms with van der Waals surface area (Å²) >= 11 is 0. The lowest BCUT2D eigenvalue weighted by molar-refractivity contribution is 0.457. The van der Waals surface area contributed by atoms with Gasteiger partial charge in [0.15, 0.2) is 0 Å². The van der Waals surface area contributed by atoms with Crippen molar-refractivity contribution in [2.75, 3.05) is 17.6 Å². The number of benzene rings is 1. The van der Waals surface area contributed by atoms with Gasteiger partial charge in [-0.1, -0.05) is 27.7 Å². The van der Waals surface area contributed by atoms with Gasteiger partial charge in [-0.2, -0.15) is 0 Å². The number of nitrogens with one attached hydrogen (secondary N) is 1. The van der Waals surface area contributed by atoms with Gasteiger partial charge in [0.2, 0.25) is 0 Å². The summed E-state index contributed by atoms with van der Waals surface area (Å²) in [5.41, 5.74) is 10.7. The first kappa shape index (κ1) is 14.2. The molecule has 2 aromatic rings. The topological polar surface area (TPSA) is 50.9 Å². The molecule has 1 aromatic heterocycles. The number of rotatable bonds is 3. The molecule has 3 heteroatoms. The molecule has 1 aliphatic carbocycles. The molecule has 1 fully saturated rings. The van der Waals surface area contributed by atoms with Crippen LogP contribution in [0.3, 0.4) is 0 Å². The van der Waals surface area contributed by atoms with Crippen LogP contribution in [0, 0.1) is 23.7 Å². The maximum absolute atomic E-state index is 5.93. The van der Waals surface area contributed by atoms with E-state index in [9.17, 15) is 0 Å². The Morgan fingerprint density at radius 1 is 1.14 bits per heavy atom. The second-order valence-electron chi connectivity index (χ2n) is 7.46. The highest BCUT2D eigenvalue weighted by Gasteiger charge is 2.64. The second kappa shape index (κ2) is 4.36. The molecular weight excluding hydrogens is 258 g/mol. The van der Waals surface area contributed by atoms with E-state index >= 15 is 0 Å². The third-order valence-electron chi connectivity index (χ3n) is 5.78. The fourth-order valence-electron chi connectivity index (χ4n) is 3.58. The zero-order chi connectivity index (χ0) is 15.4. The highest BCUT2D eigenvalue weighted by atomic mass is 14.9. The summed E-state index contributed by atoms with van der Waals surface area (Å²) in [6.07, 6.45) is 0. The third kappa shape index (κ3) is 2.15. The Morgan fingerprint density at radius 2 is 1.81 bits per heavy atom. The summed E-state index contributed by atoms with van der Waals surface area (Å²) < 4.78 is 0. The van der Waals surface area contributed by atoms with Gasteiger partial charge < -0.3 is 11.1 Å². The van der Waals surface area contributed by atoms with Crippen LogP contribution in [0.4, 0.5) is 11.4 Å². The molecule has 0 saturated heterocycles. The minimum absolute atomic E-state index is 0.400. The van der Waals surface area contributed by atoms with Crippen LogP contribution in [-0.4, -0.2) is 11.5 Å². The van der Waals surface area contributed by atoms with E-state index < -0.39 is 0 Å². The quantitative estimate of drug-likeness (QED) is 0.829. The lowest BCUT2D eigenvalue weighted by atomic mass is 10.0. The number of pyridine rings is 1. The predicted molar refractivity (Wildman–Crippen MR) is 90.4 cm³/mol. The number of aryl methyl sites for hydroxylation is 1. The van der Waals surface area contributed by atoms with Gasteiger partial charge >= 0.3 is 0 Å². The zero-order valence-corrected chi connectivity index (χ0v) is 13.6. The molecule has 1 aliphatic rings. The number of aromatic nitrogens is 1. The number of nitrogen functional groups attached to an aromatic ring is 1. The van der Waals surface area contributed by atoms with Crippen LogP contribution in [0.2, 0.25) is 0 Å². The smallest absolute Gasteiger partial charge is 0.0727 e. The average Bonchev–Trinajstić information content (AvgIpc) is 2.77. The molecule has 0 aliphatic heterocycles. The van der Waals surface area contributed by atoms with Crippen LogP contribution in [0.15, 0.2) is 24.3 Å². The molecule has 3 N–H and O–H groups in total. The molecule has 0 amide bonds. The van der Waals surface area contributed by atoms with Gasteiger partial charge in [0, 0.05) is 29.0 Å². The maximum atomic E-state index is 5.93. The van der Waals surface area contributed by atoms with Gasteiger partial charge in [-0.3, -0.25) is 4.98 Å². The Morgan fingerprint density at radius 3 is 2.43 bits per heavy atom. The predicted octanol–water partition coefficient (Wildman–Crippen LogP) is 4.22. The molecule has 3 nitrogen and oxygen atoms in total. The summed E-state index contributed by atoms with van der Waals surface area (Å²) in [4.78, 5) is 4.58. The van der Waals surface area contributed by atoms with Crippen molar-refractivity contribution in [3.05, 3.63) is 30.0 Å². The van der Waals surface area contributed by atoms with Crippen LogP contribution < -0.4 is 11.1 Å².